The lowest BCUT2D eigenvalue weighted by Crippen LogP contribution is -2.56. The Morgan fingerprint density at radius 2 is 1.54 bits per heavy atom. The lowest BCUT2D eigenvalue weighted by atomic mass is 10.5. The van der Waals surface area contributed by atoms with E-state index in [1.165, 1.54) is 13.1 Å². The Labute approximate surface area is 78.4 Å². The Morgan fingerprint density at radius 3 is 1.77 bits per heavy atom. The van der Waals surface area contributed by atoms with Gasteiger partial charge in [0.15, 0.2) is 6.17 Å². The van der Waals surface area contributed by atoms with Gasteiger partial charge in [0.25, 0.3) is 13.9 Å². The molecule has 0 saturated heterocycles. The minimum atomic E-state index is -3.32. The molecule has 0 saturated carbocycles. The first-order valence-corrected chi connectivity index (χ1v) is 7.21. The first kappa shape index (κ1) is 13.0. The van der Waals surface area contributed by atoms with Crippen molar-refractivity contribution < 1.29 is 17.6 Å². The zero-order chi connectivity index (χ0) is 10.9. The number of halogens is 3. The van der Waals surface area contributed by atoms with Gasteiger partial charge in [0, 0.05) is 6.10 Å². The summed E-state index contributed by atoms with van der Waals surface area (Å²) in [6, 6.07) is 0. The first-order valence-electron chi connectivity index (χ1n) is 4.31. The van der Waals surface area contributed by atoms with Crippen LogP contribution in [0.5, 0.6) is 0 Å². The molecule has 1 unspecified atom stereocenters. The fourth-order valence-corrected chi connectivity index (χ4v) is 3.44. The molecule has 0 aliphatic heterocycles. The molecule has 1 atom stereocenters. The highest BCUT2D eigenvalue weighted by atomic mass is 28.4. The van der Waals surface area contributed by atoms with E-state index in [0.29, 0.717) is 0 Å². The summed E-state index contributed by atoms with van der Waals surface area (Å²) in [6.07, 6.45) is -2.43. The summed E-state index contributed by atoms with van der Waals surface area (Å²) in [5, 5.41) is 0. The molecule has 0 N–H and O–H groups in total. The summed E-state index contributed by atoms with van der Waals surface area (Å²) in [4.78, 5) is 0. The Morgan fingerprint density at radius 1 is 1.15 bits per heavy atom. The molecule has 13 heavy (non-hydrogen) atoms. The van der Waals surface area contributed by atoms with Crippen molar-refractivity contribution in [3.63, 3.8) is 0 Å². The molecule has 0 heterocycles. The van der Waals surface area contributed by atoms with Gasteiger partial charge in [0.1, 0.15) is 0 Å². The average molecular weight is 214 g/mol. The monoisotopic (exact) mass is 214 g/mol. The number of hydrogen-bond donors (Lipinski definition) is 0. The third-order valence-electron chi connectivity index (χ3n) is 1.83. The number of alkyl halides is 3. The zero-order valence-corrected chi connectivity index (χ0v) is 9.70. The molecule has 0 aliphatic rings. The Balaban J connectivity index is 4.60. The van der Waals surface area contributed by atoms with Crippen molar-refractivity contribution in [3.8, 4) is 0 Å². The predicted octanol–water partition coefficient (Wildman–Crippen LogP) is 3.15. The molecule has 80 valence electrons. The van der Waals surface area contributed by atoms with E-state index in [0.717, 1.165) is 6.92 Å². The van der Waals surface area contributed by atoms with E-state index in [1.807, 2.05) is 0 Å². The third kappa shape index (κ3) is 2.98. The zero-order valence-electron chi connectivity index (χ0n) is 8.70. The van der Waals surface area contributed by atoms with Crippen LogP contribution in [-0.4, -0.2) is 26.1 Å². The summed E-state index contributed by atoms with van der Waals surface area (Å²) >= 11 is 0. The molecule has 1 nitrogen and oxygen atoms in total. The van der Waals surface area contributed by atoms with E-state index in [2.05, 4.69) is 0 Å². The van der Waals surface area contributed by atoms with E-state index >= 15 is 0 Å². The lowest BCUT2D eigenvalue weighted by molar-refractivity contribution is -0.0194. The Bertz CT molecular complexity index is 169. The van der Waals surface area contributed by atoms with Crippen LogP contribution in [0, 0.1) is 0 Å². The maximum atomic E-state index is 13.2. The van der Waals surface area contributed by atoms with E-state index in [4.69, 9.17) is 4.43 Å². The fourth-order valence-electron chi connectivity index (χ4n) is 1.15. The molecule has 0 bridgehead atoms. The summed E-state index contributed by atoms with van der Waals surface area (Å²) in [6.45, 7) is 6.89. The molecule has 0 aromatic rings. The van der Waals surface area contributed by atoms with Gasteiger partial charge >= 0.3 is 0 Å². The third-order valence-corrected chi connectivity index (χ3v) is 4.90. The van der Waals surface area contributed by atoms with Gasteiger partial charge in [-0.15, -0.1) is 0 Å². The predicted molar refractivity (Wildman–Crippen MR) is 49.2 cm³/mol. The van der Waals surface area contributed by atoms with E-state index in [-0.39, 0.29) is 6.10 Å². The van der Waals surface area contributed by atoms with Crippen molar-refractivity contribution >= 4 is 8.32 Å². The van der Waals surface area contributed by atoms with E-state index in [1.54, 1.807) is 13.8 Å². The normalized spacial score (nSPS) is 16.4. The lowest BCUT2D eigenvalue weighted by Gasteiger charge is -2.34. The number of rotatable bonds is 4. The molecular weight excluding hydrogens is 197 g/mol. The molecule has 0 rings (SSSR count). The van der Waals surface area contributed by atoms with Crippen LogP contribution < -0.4 is 0 Å². The highest BCUT2D eigenvalue weighted by Crippen LogP contribution is 2.33. The van der Waals surface area contributed by atoms with Crippen molar-refractivity contribution in [2.45, 2.75) is 51.7 Å². The fraction of sp³-hybridized carbons (Fsp3) is 1.00. The van der Waals surface area contributed by atoms with Gasteiger partial charge in [0.2, 0.25) is 0 Å². The summed E-state index contributed by atoms with van der Waals surface area (Å²) in [7, 11) is -3.27. The maximum absolute atomic E-state index is 13.2. The molecule has 0 fully saturated rings. The van der Waals surface area contributed by atoms with E-state index in [9.17, 15) is 13.2 Å². The summed E-state index contributed by atoms with van der Waals surface area (Å²) in [5.41, 5.74) is -3.32. The molecule has 0 radical (unpaired) electrons. The second-order valence-electron chi connectivity index (χ2n) is 3.92. The molecule has 0 aliphatic carbocycles. The van der Waals surface area contributed by atoms with Crippen molar-refractivity contribution in [3.05, 3.63) is 0 Å². The average Bonchev–Trinajstić information content (AvgIpc) is 1.83. The molecule has 5 heteroatoms. The van der Waals surface area contributed by atoms with E-state index < -0.39 is 20.0 Å². The topological polar surface area (TPSA) is 9.23 Å². The van der Waals surface area contributed by atoms with Crippen LogP contribution in [0.25, 0.3) is 0 Å². The first-order chi connectivity index (χ1) is 5.61. The highest BCUT2D eigenvalue weighted by Gasteiger charge is 2.55. The second-order valence-corrected chi connectivity index (χ2v) is 7.84. The quantitative estimate of drug-likeness (QED) is 0.653. The molecule has 0 spiro atoms. The van der Waals surface area contributed by atoms with Gasteiger partial charge in [-0.3, -0.25) is 0 Å². The van der Waals surface area contributed by atoms with Crippen molar-refractivity contribution in [2.75, 3.05) is 0 Å². The van der Waals surface area contributed by atoms with Crippen molar-refractivity contribution in [2.24, 2.45) is 0 Å². The SMILES string of the molecule is CC(C)O[Si](C)(C)C(F)(F)C(C)F. The molecular formula is C8H17F3OSi. The van der Waals surface area contributed by atoms with Gasteiger partial charge < -0.3 is 4.43 Å². The Kier molecular flexibility index (Phi) is 3.99. The molecule has 0 amide bonds. The van der Waals surface area contributed by atoms with Gasteiger partial charge in [-0.25, -0.2) is 13.2 Å². The van der Waals surface area contributed by atoms with Crippen LogP contribution >= 0.6 is 0 Å². The van der Waals surface area contributed by atoms with Crippen molar-refractivity contribution in [1.29, 1.82) is 0 Å². The van der Waals surface area contributed by atoms with Gasteiger partial charge in [-0.05, 0) is 33.9 Å². The minimum absolute atomic E-state index is 0.286. The smallest absolute Gasteiger partial charge is 0.286 e. The van der Waals surface area contributed by atoms with Crippen LogP contribution in [0.1, 0.15) is 20.8 Å². The van der Waals surface area contributed by atoms with Gasteiger partial charge in [-0.2, -0.15) is 0 Å². The van der Waals surface area contributed by atoms with Crippen LogP contribution in [-0.2, 0) is 4.43 Å². The summed E-state index contributed by atoms with van der Waals surface area (Å²) < 4.78 is 44.2. The molecule has 0 aromatic heterocycles. The van der Waals surface area contributed by atoms with Crippen LogP contribution in [0.3, 0.4) is 0 Å². The van der Waals surface area contributed by atoms with Crippen LogP contribution in [0.4, 0.5) is 13.2 Å². The highest BCUT2D eigenvalue weighted by molar-refractivity contribution is 6.73. The Hall–Kier alpha value is -0.0331. The minimum Gasteiger partial charge on any atom is -0.408 e. The maximum Gasteiger partial charge on any atom is 0.286 e. The largest absolute Gasteiger partial charge is 0.408 e. The number of hydrogen-bond acceptors (Lipinski definition) is 1. The van der Waals surface area contributed by atoms with Crippen LogP contribution in [0.2, 0.25) is 13.1 Å². The van der Waals surface area contributed by atoms with Gasteiger partial charge in [0.05, 0.1) is 0 Å². The standard InChI is InChI=1S/C8H17F3OSi/c1-6(2)12-13(4,5)8(10,11)7(3)9/h6-7H,1-5H3. The second kappa shape index (κ2) is 4.00. The van der Waals surface area contributed by atoms with Crippen molar-refractivity contribution in [1.82, 2.24) is 0 Å². The summed E-state index contributed by atoms with van der Waals surface area (Å²) in [5.74, 6) is 0. The van der Waals surface area contributed by atoms with Gasteiger partial charge in [-0.1, -0.05) is 0 Å². The van der Waals surface area contributed by atoms with Crippen LogP contribution in [0.15, 0.2) is 0 Å². The molecule has 0 aromatic carbocycles.